The Kier molecular flexibility index (Phi) is 4.88. The molecule has 1 saturated heterocycles. The van der Waals surface area contributed by atoms with Crippen molar-refractivity contribution in [3.8, 4) is 0 Å². The van der Waals surface area contributed by atoms with Crippen molar-refractivity contribution in [3.63, 3.8) is 0 Å². The number of likely N-dealkylation sites (tertiary alicyclic amines) is 1. The summed E-state index contributed by atoms with van der Waals surface area (Å²) in [6, 6.07) is 3.38. The minimum atomic E-state index is -0.0928. The standard InChI is InChI=1S/C15H18ClN5O2/c1-10-18-15(20-23-10)11-3-2-6-21(8-11)9-14(22)19-13-5-4-12(16)7-17-13/h4-5,7,11H,2-3,6,8-9H2,1H3,(H,17,19,22)/t11-/m0/s1. The highest BCUT2D eigenvalue weighted by Crippen LogP contribution is 2.24. The number of pyridine rings is 1. The maximum absolute atomic E-state index is 12.1. The number of hydrogen-bond acceptors (Lipinski definition) is 6. The zero-order chi connectivity index (χ0) is 16.2. The van der Waals surface area contributed by atoms with Crippen molar-refractivity contribution in [2.24, 2.45) is 0 Å². The number of nitrogens with zero attached hydrogens (tertiary/aromatic N) is 4. The summed E-state index contributed by atoms with van der Waals surface area (Å²) in [4.78, 5) is 22.6. The molecule has 3 rings (SSSR count). The van der Waals surface area contributed by atoms with Crippen LogP contribution in [0.3, 0.4) is 0 Å². The number of hydrogen-bond donors (Lipinski definition) is 1. The number of nitrogens with one attached hydrogen (secondary N) is 1. The first-order valence-electron chi connectivity index (χ1n) is 7.54. The fourth-order valence-electron chi connectivity index (χ4n) is 2.73. The Hall–Kier alpha value is -1.99. The molecule has 2 aromatic heterocycles. The van der Waals surface area contributed by atoms with Gasteiger partial charge >= 0.3 is 0 Å². The molecule has 0 aliphatic carbocycles. The van der Waals surface area contributed by atoms with E-state index in [0.717, 1.165) is 31.8 Å². The molecule has 1 N–H and O–H groups in total. The number of piperidine rings is 1. The zero-order valence-electron chi connectivity index (χ0n) is 12.8. The van der Waals surface area contributed by atoms with Crippen LogP contribution in [0.1, 0.15) is 30.5 Å². The summed E-state index contributed by atoms with van der Waals surface area (Å²) in [6.45, 7) is 3.73. The molecule has 122 valence electrons. The molecule has 1 amide bonds. The van der Waals surface area contributed by atoms with E-state index in [1.165, 1.54) is 6.20 Å². The van der Waals surface area contributed by atoms with E-state index < -0.39 is 0 Å². The van der Waals surface area contributed by atoms with E-state index in [-0.39, 0.29) is 11.8 Å². The summed E-state index contributed by atoms with van der Waals surface area (Å²) >= 11 is 5.78. The maximum atomic E-state index is 12.1. The molecule has 0 saturated carbocycles. The van der Waals surface area contributed by atoms with Gasteiger partial charge in [0, 0.05) is 25.6 Å². The van der Waals surface area contributed by atoms with E-state index in [0.29, 0.717) is 23.3 Å². The van der Waals surface area contributed by atoms with Gasteiger partial charge in [-0.15, -0.1) is 0 Å². The van der Waals surface area contributed by atoms with Crippen LogP contribution in [0.5, 0.6) is 0 Å². The van der Waals surface area contributed by atoms with E-state index in [2.05, 4.69) is 25.3 Å². The first-order valence-corrected chi connectivity index (χ1v) is 7.92. The Morgan fingerprint density at radius 1 is 1.52 bits per heavy atom. The third kappa shape index (κ3) is 4.27. The molecule has 2 aromatic rings. The molecule has 3 heterocycles. The normalized spacial score (nSPS) is 18.8. The lowest BCUT2D eigenvalue weighted by Gasteiger charge is -2.30. The van der Waals surface area contributed by atoms with Crippen molar-refractivity contribution >= 4 is 23.3 Å². The first kappa shape index (κ1) is 15.9. The quantitative estimate of drug-likeness (QED) is 0.922. The van der Waals surface area contributed by atoms with Crippen LogP contribution in [-0.2, 0) is 4.79 Å². The Bertz CT molecular complexity index is 673. The van der Waals surface area contributed by atoms with Crippen molar-refractivity contribution in [1.29, 1.82) is 0 Å². The highest BCUT2D eigenvalue weighted by atomic mass is 35.5. The molecule has 0 unspecified atom stereocenters. The molecule has 1 fully saturated rings. The number of amides is 1. The van der Waals surface area contributed by atoms with Crippen LogP contribution < -0.4 is 5.32 Å². The minimum absolute atomic E-state index is 0.0928. The van der Waals surface area contributed by atoms with E-state index in [4.69, 9.17) is 16.1 Å². The molecule has 7 nitrogen and oxygen atoms in total. The van der Waals surface area contributed by atoms with Gasteiger partial charge in [-0.05, 0) is 31.5 Å². The van der Waals surface area contributed by atoms with Gasteiger partial charge in [0.05, 0.1) is 11.6 Å². The molecule has 23 heavy (non-hydrogen) atoms. The van der Waals surface area contributed by atoms with E-state index in [1.54, 1.807) is 19.1 Å². The fraction of sp³-hybridized carbons (Fsp3) is 0.467. The van der Waals surface area contributed by atoms with E-state index in [1.807, 2.05) is 0 Å². The second kappa shape index (κ2) is 7.06. The van der Waals surface area contributed by atoms with Gasteiger partial charge in [-0.2, -0.15) is 4.98 Å². The molecular weight excluding hydrogens is 318 g/mol. The summed E-state index contributed by atoms with van der Waals surface area (Å²) in [7, 11) is 0. The minimum Gasteiger partial charge on any atom is -0.340 e. The van der Waals surface area contributed by atoms with Crippen molar-refractivity contribution < 1.29 is 9.32 Å². The lowest BCUT2D eigenvalue weighted by Crippen LogP contribution is -2.40. The summed E-state index contributed by atoms with van der Waals surface area (Å²) in [6.07, 6.45) is 3.52. The molecule has 8 heteroatoms. The van der Waals surface area contributed by atoms with Crippen LogP contribution in [0.4, 0.5) is 5.82 Å². The number of anilines is 1. The molecule has 1 atom stereocenters. The van der Waals surface area contributed by atoms with Crippen LogP contribution in [0.2, 0.25) is 5.02 Å². The van der Waals surface area contributed by atoms with Crippen LogP contribution in [-0.4, -0.2) is 45.6 Å². The van der Waals surface area contributed by atoms with Gasteiger partial charge in [0.25, 0.3) is 0 Å². The Morgan fingerprint density at radius 3 is 3.09 bits per heavy atom. The smallest absolute Gasteiger partial charge is 0.239 e. The van der Waals surface area contributed by atoms with Crippen molar-refractivity contribution in [2.75, 3.05) is 25.0 Å². The van der Waals surface area contributed by atoms with Gasteiger partial charge in [0.15, 0.2) is 5.82 Å². The van der Waals surface area contributed by atoms with Gasteiger partial charge in [0.1, 0.15) is 5.82 Å². The maximum Gasteiger partial charge on any atom is 0.239 e. The van der Waals surface area contributed by atoms with E-state index >= 15 is 0 Å². The summed E-state index contributed by atoms with van der Waals surface area (Å²) in [5.74, 6) is 1.92. The topological polar surface area (TPSA) is 84.2 Å². The molecule has 0 aromatic carbocycles. The van der Waals surface area contributed by atoms with Gasteiger partial charge in [-0.3, -0.25) is 9.69 Å². The monoisotopic (exact) mass is 335 g/mol. The van der Waals surface area contributed by atoms with Gasteiger partial charge in [-0.1, -0.05) is 16.8 Å². The number of halogens is 1. The zero-order valence-corrected chi connectivity index (χ0v) is 13.6. The summed E-state index contributed by atoms with van der Waals surface area (Å²) in [5, 5.41) is 7.31. The number of rotatable bonds is 4. The fourth-order valence-corrected chi connectivity index (χ4v) is 2.84. The molecule has 1 aliphatic heterocycles. The SMILES string of the molecule is Cc1nc([C@H]2CCCN(CC(=O)Nc3ccc(Cl)cn3)C2)no1. The number of aromatic nitrogens is 3. The lowest BCUT2D eigenvalue weighted by atomic mass is 9.97. The molecule has 0 radical (unpaired) electrons. The van der Waals surface area contributed by atoms with Gasteiger partial charge in [-0.25, -0.2) is 4.98 Å². The second-order valence-electron chi connectivity index (χ2n) is 5.66. The number of carbonyl (C=O) groups is 1. The molecule has 1 aliphatic rings. The summed E-state index contributed by atoms with van der Waals surface area (Å²) in [5.41, 5.74) is 0. The third-order valence-electron chi connectivity index (χ3n) is 3.78. The highest BCUT2D eigenvalue weighted by Gasteiger charge is 2.26. The molecular formula is C15H18ClN5O2. The van der Waals surface area contributed by atoms with Crippen LogP contribution in [0, 0.1) is 6.92 Å². The van der Waals surface area contributed by atoms with Crippen LogP contribution >= 0.6 is 11.6 Å². The number of carbonyl (C=O) groups excluding carboxylic acids is 1. The van der Waals surface area contributed by atoms with E-state index in [9.17, 15) is 4.79 Å². The van der Waals surface area contributed by atoms with Crippen molar-refractivity contribution in [2.45, 2.75) is 25.7 Å². The van der Waals surface area contributed by atoms with Crippen LogP contribution in [0.15, 0.2) is 22.9 Å². The van der Waals surface area contributed by atoms with Crippen LogP contribution in [0.25, 0.3) is 0 Å². The Balaban J connectivity index is 1.54. The Morgan fingerprint density at radius 2 is 2.39 bits per heavy atom. The Labute approximate surface area is 139 Å². The number of aryl methyl sites for hydroxylation is 1. The predicted molar refractivity (Wildman–Crippen MR) is 85.3 cm³/mol. The van der Waals surface area contributed by atoms with Gasteiger partial charge in [0.2, 0.25) is 11.8 Å². The highest BCUT2D eigenvalue weighted by molar-refractivity contribution is 6.30. The summed E-state index contributed by atoms with van der Waals surface area (Å²) < 4.78 is 5.04. The predicted octanol–water partition coefficient (Wildman–Crippen LogP) is 2.24. The first-order chi connectivity index (χ1) is 11.1. The second-order valence-corrected chi connectivity index (χ2v) is 6.09. The molecule has 0 spiro atoms. The van der Waals surface area contributed by atoms with Gasteiger partial charge < -0.3 is 9.84 Å². The average molecular weight is 336 g/mol. The third-order valence-corrected chi connectivity index (χ3v) is 4.00. The largest absolute Gasteiger partial charge is 0.340 e. The van der Waals surface area contributed by atoms with Crippen molar-refractivity contribution in [3.05, 3.63) is 35.1 Å². The molecule has 0 bridgehead atoms. The lowest BCUT2D eigenvalue weighted by molar-refractivity contribution is -0.117. The van der Waals surface area contributed by atoms with Crippen molar-refractivity contribution in [1.82, 2.24) is 20.0 Å². The average Bonchev–Trinajstić information content (AvgIpc) is 2.96.